The Balaban J connectivity index is 1.71. The molecule has 3 aromatic heterocycles. The molecule has 0 aliphatic heterocycles. The third kappa shape index (κ3) is 2.68. The van der Waals surface area contributed by atoms with Crippen molar-refractivity contribution >= 4 is 21.9 Å². The Labute approximate surface area is 186 Å². The highest BCUT2D eigenvalue weighted by Crippen LogP contribution is 2.43. The van der Waals surface area contributed by atoms with Crippen LogP contribution in [0.25, 0.3) is 44.3 Å². The zero-order chi connectivity index (χ0) is 22.0. The van der Waals surface area contributed by atoms with Crippen LogP contribution in [0.5, 0.6) is 0 Å². The Hall–Kier alpha value is -3.40. The molecule has 0 unspecified atom stereocenters. The molecule has 5 aromatic rings. The Morgan fingerprint density at radius 1 is 0.938 bits per heavy atom. The van der Waals surface area contributed by atoms with Gasteiger partial charge in [0.1, 0.15) is 24.0 Å². The normalized spacial score (nSPS) is 13.8. The van der Waals surface area contributed by atoms with Crippen LogP contribution in [-0.4, -0.2) is 4.57 Å². The zero-order valence-corrected chi connectivity index (χ0v) is 18.7. The lowest BCUT2D eigenvalue weighted by Gasteiger charge is -2.14. The van der Waals surface area contributed by atoms with Crippen LogP contribution in [0.3, 0.4) is 0 Å². The van der Waals surface area contributed by atoms with Gasteiger partial charge < -0.3 is 8.98 Å². The molecule has 0 fully saturated rings. The summed E-state index contributed by atoms with van der Waals surface area (Å²) in [7, 11) is 4.11. The third-order valence-electron chi connectivity index (χ3n) is 7.06. The van der Waals surface area contributed by atoms with Crippen LogP contribution in [0, 0.1) is 12.7 Å². The maximum absolute atomic E-state index is 15.4. The molecule has 3 heterocycles. The van der Waals surface area contributed by atoms with Crippen molar-refractivity contribution in [2.24, 2.45) is 14.1 Å². The molecule has 2 aromatic carbocycles. The van der Waals surface area contributed by atoms with E-state index in [-0.39, 0.29) is 5.82 Å². The minimum atomic E-state index is -0.223. The predicted molar refractivity (Wildman–Crippen MR) is 126 cm³/mol. The molecule has 0 atom stereocenters. The first-order valence-electron chi connectivity index (χ1n) is 11.3. The number of nitrogens with zero attached hydrogens (tertiary/aromatic N) is 2. The Bertz CT molecular complexity index is 1520. The average molecular weight is 426 g/mol. The lowest BCUT2D eigenvalue weighted by molar-refractivity contribution is -0.660. The molecule has 4 heteroatoms. The topological polar surface area (TPSA) is 21.9 Å². The van der Waals surface area contributed by atoms with Gasteiger partial charge in [-0.25, -0.2) is 8.96 Å². The summed E-state index contributed by atoms with van der Waals surface area (Å²) in [5, 5.41) is 1.99. The van der Waals surface area contributed by atoms with Gasteiger partial charge in [-0.1, -0.05) is 12.1 Å². The molecule has 1 aliphatic carbocycles. The summed E-state index contributed by atoms with van der Waals surface area (Å²) in [5.41, 5.74) is 8.91. The van der Waals surface area contributed by atoms with Gasteiger partial charge in [-0.2, -0.15) is 0 Å². The van der Waals surface area contributed by atoms with E-state index in [1.54, 1.807) is 6.07 Å². The Morgan fingerprint density at radius 2 is 1.69 bits per heavy atom. The number of hydrogen-bond donors (Lipinski definition) is 0. The van der Waals surface area contributed by atoms with Gasteiger partial charge in [0.25, 0.3) is 0 Å². The van der Waals surface area contributed by atoms with E-state index in [9.17, 15) is 0 Å². The van der Waals surface area contributed by atoms with Crippen molar-refractivity contribution in [3.8, 4) is 22.4 Å². The van der Waals surface area contributed by atoms with Crippen molar-refractivity contribution in [2.75, 3.05) is 0 Å². The molecule has 0 bridgehead atoms. The second-order valence-corrected chi connectivity index (χ2v) is 9.02. The summed E-state index contributed by atoms with van der Waals surface area (Å²) in [4.78, 5) is 0. The minimum absolute atomic E-state index is 0.223. The number of fused-ring (bicyclic) bond motifs is 4. The SMILES string of the molecule is Cc1ccc2c(oc3c(-c4cn(C)c5c4CCCC5)c(F)ccc32)c1-c1cccc[n+]1C. The van der Waals surface area contributed by atoms with E-state index in [2.05, 4.69) is 47.5 Å². The summed E-state index contributed by atoms with van der Waals surface area (Å²) in [6.45, 7) is 2.10. The van der Waals surface area contributed by atoms with Crippen LogP contribution >= 0.6 is 0 Å². The number of aryl methyl sites for hydroxylation is 3. The average Bonchev–Trinajstić information content (AvgIpc) is 3.32. The van der Waals surface area contributed by atoms with Gasteiger partial charge in [-0.15, -0.1) is 0 Å². The van der Waals surface area contributed by atoms with Crippen molar-refractivity contribution in [3.63, 3.8) is 0 Å². The van der Waals surface area contributed by atoms with Crippen LogP contribution in [0.2, 0.25) is 0 Å². The van der Waals surface area contributed by atoms with E-state index in [1.165, 1.54) is 17.7 Å². The summed E-state index contributed by atoms with van der Waals surface area (Å²) in [6, 6.07) is 13.8. The van der Waals surface area contributed by atoms with Gasteiger partial charge in [0.05, 0.1) is 11.1 Å². The molecule has 0 amide bonds. The van der Waals surface area contributed by atoms with Crippen molar-refractivity contribution in [3.05, 3.63) is 77.5 Å². The molecular formula is C28H26FN2O+. The molecule has 32 heavy (non-hydrogen) atoms. The monoisotopic (exact) mass is 425 g/mol. The maximum atomic E-state index is 15.4. The quantitative estimate of drug-likeness (QED) is 0.300. The number of halogens is 1. The first-order valence-corrected chi connectivity index (χ1v) is 11.3. The van der Waals surface area contributed by atoms with Crippen molar-refractivity contribution in [1.82, 2.24) is 4.57 Å². The number of aromatic nitrogens is 2. The molecule has 0 N–H and O–H groups in total. The number of rotatable bonds is 2. The number of furan rings is 1. The molecule has 160 valence electrons. The van der Waals surface area contributed by atoms with Crippen LogP contribution in [-0.2, 0) is 26.9 Å². The smallest absolute Gasteiger partial charge is 0.216 e. The largest absolute Gasteiger partial charge is 0.454 e. The number of hydrogen-bond acceptors (Lipinski definition) is 1. The second kappa shape index (κ2) is 7.06. The van der Waals surface area contributed by atoms with E-state index in [0.29, 0.717) is 11.1 Å². The van der Waals surface area contributed by atoms with E-state index >= 15 is 4.39 Å². The minimum Gasteiger partial charge on any atom is -0.454 e. The first-order chi connectivity index (χ1) is 15.5. The number of pyridine rings is 1. The highest BCUT2D eigenvalue weighted by Gasteiger charge is 2.26. The lowest BCUT2D eigenvalue weighted by atomic mass is 9.91. The van der Waals surface area contributed by atoms with Crippen LogP contribution in [0.1, 0.15) is 29.7 Å². The zero-order valence-electron chi connectivity index (χ0n) is 18.7. The summed E-state index contributed by atoms with van der Waals surface area (Å²) in [5.74, 6) is -0.223. The fourth-order valence-corrected chi connectivity index (χ4v) is 5.46. The highest BCUT2D eigenvalue weighted by molar-refractivity contribution is 6.13. The van der Waals surface area contributed by atoms with Crippen LogP contribution < -0.4 is 4.57 Å². The predicted octanol–water partition coefficient (Wildman–Crippen LogP) is 6.41. The van der Waals surface area contributed by atoms with Crippen molar-refractivity contribution in [1.29, 1.82) is 0 Å². The van der Waals surface area contributed by atoms with E-state index < -0.39 is 0 Å². The lowest BCUT2D eigenvalue weighted by Crippen LogP contribution is -2.30. The maximum Gasteiger partial charge on any atom is 0.216 e. The molecule has 0 spiro atoms. The van der Waals surface area contributed by atoms with E-state index in [1.807, 2.05) is 31.4 Å². The van der Waals surface area contributed by atoms with E-state index in [0.717, 1.165) is 58.0 Å². The molecular weight excluding hydrogens is 399 g/mol. The Kier molecular flexibility index (Phi) is 4.26. The van der Waals surface area contributed by atoms with Crippen molar-refractivity contribution in [2.45, 2.75) is 32.6 Å². The van der Waals surface area contributed by atoms with Gasteiger partial charge in [0, 0.05) is 47.4 Å². The van der Waals surface area contributed by atoms with Gasteiger partial charge in [0.2, 0.25) is 5.69 Å². The van der Waals surface area contributed by atoms with Crippen molar-refractivity contribution < 1.29 is 13.4 Å². The molecule has 6 rings (SSSR count). The summed E-state index contributed by atoms with van der Waals surface area (Å²) < 4.78 is 26.3. The molecule has 0 saturated carbocycles. The Morgan fingerprint density at radius 3 is 2.50 bits per heavy atom. The molecule has 0 saturated heterocycles. The molecule has 1 aliphatic rings. The van der Waals surface area contributed by atoms with Gasteiger partial charge in [-0.05, 0) is 61.9 Å². The first kappa shape index (κ1) is 19.3. The fraction of sp³-hybridized carbons (Fsp3) is 0.250. The fourth-order valence-electron chi connectivity index (χ4n) is 5.46. The molecule has 3 nitrogen and oxygen atoms in total. The number of benzene rings is 2. The van der Waals surface area contributed by atoms with Gasteiger partial charge >= 0.3 is 0 Å². The van der Waals surface area contributed by atoms with Gasteiger partial charge in [0.15, 0.2) is 6.20 Å². The van der Waals surface area contributed by atoms with Gasteiger partial charge in [-0.3, -0.25) is 0 Å². The molecule has 0 radical (unpaired) electrons. The highest BCUT2D eigenvalue weighted by atomic mass is 19.1. The third-order valence-corrected chi connectivity index (χ3v) is 7.06. The summed E-state index contributed by atoms with van der Waals surface area (Å²) >= 11 is 0. The summed E-state index contributed by atoms with van der Waals surface area (Å²) in [6.07, 6.45) is 8.51. The second-order valence-electron chi connectivity index (χ2n) is 9.02. The van der Waals surface area contributed by atoms with Crippen LogP contribution in [0.15, 0.2) is 59.3 Å². The standard InChI is InChI=1S/C28H26FN2O/c1-17-11-12-19-20-13-14-22(29)26(21-16-31(3)23-9-5-4-8-18(21)23)28(20)32-27(19)25(17)24-10-6-7-15-30(24)2/h6-7,10-16H,4-5,8-9H2,1-3H3/q+1. The van der Waals surface area contributed by atoms with E-state index in [4.69, 9.17) is 4.42 Å². The van der Waals surface area contributed by atoms with Crippen LogP contribution in [0.4, 0.5) is 4.39 Å².